The lowest BCUT2D eigenvalue weighted by atomic mass is 10.0. The van der Waals surface area contributed by atoms with E-state index in [1.807, 2.05) is 0 Å². The van der Waals surface area contributed by atoms with Gasteiger partial charge in [0.05, 0.1) is 18.1 Å². The summed E-state index contributed by atoms with van der Waals surface area (Å²) in [5, 5.41) is 20.8. The third kappa shape index (κ3) is 4.51. The van der Waals surface area contributed by atoms with Gasteiger partial charge in [-0.15, -0.1) is 0 Å². The Morgan fingerprint density at radius 3 is 2.50 bits per heavy atom. The third-order valence-corrected chi connectivity index (χ3v) is 4.15. The Labute approximate surface area is 120 Å². The molecule has 1 saturated carbocycles. The maximum absolute atomic E-state index is 11.7. The number of carbonyl (C=O) groups is 1. The van der Waals surface area contributed by atoms with Crippen LogP contribution in [0.25, 0.3) is 0 Å². The lowest BCUT2D eigenvalue weighted by Gasteiger charge is -2.33. The summed E-state index contributed by atoms with van der Waals surface area (Å²) in [4.78, 5) is 14.0. The minimum atomic E-state index is -0.0488. The van der Waals surface area contributed by atoms with Crippen LogP contribution in [0.5, 0.6) is 0 Å². The molecule has 0 spiro atoms. The summed E-state index contributed by atoms with van der Waals surface area (Å²) in [6, 6.07) is 4.69. The first-order valence-corrected chi connectivity index (χ1v) is 7.52. The minimum absolute atomic E-state index is 0.0488. The first kappa shape index (κ1) is 14.8. The zero-order valence-electron chi connectivity index (χ0n) is 11.8. The molecule has 0 aromatic heterocycles. The molecule has 2 rings (SSSR count). The fraction of sp³-hybridized carbons (Fsp3) is 0.800. The van der Waals surface area contributed by atoms with Gasteiger partial charge in [-0.3, -0.25) is 4.79 Å². The van der Waals surface area contributed by atoms with Crippen LogP contribution in [-0.4, -0.2) is 36.5 Å². The molecule has 1 heterocycles. The Morgan fingerprint density at radius 2 is 1.95 bits per heavy atom. The van der Waals surface area contributed by atoms with E-state index in [0.29, 0.717) is 18.9 Å². The van der Waals surface area contributed by atoms with Gasteiger partial charge < -0.3 is 10.2 Å². The van der Waals surface area contributed by atoms with Gasteiger partial charge in [0.15, 0.2) is 0 Å². The molecule has 0 radical (unpaired) electrons. The van der Waals surface area contributed by atoms with Crippen molar-refractivity contribution in [2.75, 3.05) is 19.6 Å². The maximum Gasteiger partial charge on any atom is 0.223 e. The normalized spacial score (nSPS) is 21.7. The van der Waals surface area contributed by atoms with Gasteiger partial charge in [-0.05, 0) is 32.1 Å². The first-order chi connectivity index (χ1) is 9.72. The fourth-order valence-corrected chi connectivity index (χ4v) is 2.67. The van der Waals surface area contributed by atoms with E-state index in [-0.39, 0.29) is 17.7 Å². The summed E-state index contributed by atoms with van der Waals surface area (Å²) >= 11 is 0. The average molecular weight is 274 g/mol. The number of rotatable bonds is 6. The Morgan fingerprint density at radius 1 is 1.25 bits per heavy atom. The number of nitriles is 2. The molecule has 1 atom stereocenters. The van der Waals surface area contributed by atoms with Crippen LogP contribution >= 0.6 is 0 Å². The number of carbonyl (C=O) groups excluding carboxylic acids is 1. The zero-order valence-corrected chi connectivity index (χ0v) is 11.8. The average Bonchev–Trinajstić information content (AvgIpc) is 3.30. The van der Waals surface area contributed by atoms with Crippen molar-refractivity contribution in [1.29, 1.82) is 10.5 Å². The van der Waals surface area contributed by atoms with Crippen LogP contribution in [0.2, 0.25) is 0 Å². The van der Waals surface area contributed by atoms with Crippen LogP contribution in [-0.2, 0) is 4.79 Å². The number of amides is 1. The van der Waals surface area contributed by atoms with Gasteiger partial charge in [0.1, 0.15) is 0 Å². The second-order valence-electron chi connectivity index (χ2n) is 5.88. The van der Waals surface area contributed by atoms with Crippen molar-refractivity contribution in [3.63, 3.8) is 0 Å². The van der Waals surface area contributed by atoms with E-state index < -0.39 is 0 Å². The summed E-state index contributed by atoms with van der Waals surface area (Å²) < 4.78 is 0. The minimum Gasteiger partial charge on any atom is -0.353 e. The molecule has 0 unspecified atom stereocenters. The standard InChI is InChI=1S/C15H22N4O/c16-7-1-2-12(10-17)11-19-8-5-14(6-9-19)18-15(20)13-3-4-13/h12-14H,1-6,8-9,11H2,(H,18,20)/t12-/m1/s1. The molecule has 1 aliphatic heterocycles. The van der Waals surface area contributed by atoms with E-state index in [0.717, 1.165) is 45.3 Å². The predicted molar refractivity (Wildman–Crippen MR) is 74.3 cm³/mol. The van der Waals surface area contributed by atoms with Crippen molar-refractivity contribution in [3.05, 3.63) is 0 Å². The van der Waals surface area contributed by atoms with Gasteiger partial charge >= 0.3 is 0 Å². The molecule has 0 aromatic rings. The second kappa shape index (κ2) is 7.26. The van der Waals surface area contributed by atoms with Crippen LogP contribution in [0, 0.1) is 34.5 Å². The highest BCUT2D eigenvalue weighted by Gasteiger charge is 2.31. The van der Waals surface area contributed by atoms with Gasteiger partial charge in [-0.25, -0.2) is 0 Å². The molecule has 2 fully saturated rings. The Hall–Kier alpha value is -1.59. The SMILES string of the molecule is N#CCC[C@H](C#N)CN1CCC(NC(=O)C2CC2)CC1. The van der Waals surface area contributed by atoms with Crippen molar-refractivity contribution in [3.8, 4) is 12.1 Å². The molecule has 20 heavy (non-hydrogen) atoms. The van der Waals surface area contributed by atoms with Crippen molar-refractivity contribution >= 4 is 5.91 Å². The highest BCUT2D eigenvalue weighted by molar-refractivity contribution is 5.81. The van der Waals surface area contributed by atoms with E-state index in [1.165, 1.54) is 0 Å². The van der Waals surface area contributed by atoms with Gasteiger partial charge in [-0.1, -0.05) is 0 Å². The Balaban J connectivity index is 1.66. The van der Waals surface area contributed by atoms with Crippen LogP contribution in [0.15, 0.2) is 0 Å². The Kier molecular flexibility index (Phi) is 5.38. The monoisotopic (exact) mass is 274 g/mol. The molecule has 0 bridgehead atoms. The molecule has 1 N–H and O–H groups in total. The summed E-state index contributed by atoms with van der Waals surface area (Å²) in [7, 11) is 0. The lowest BCUT2D eigenvalue weighted by molar-refractivity contribution is -0.123. The summed E-state index contributed by atoms with van der Waals surface area (Å²) in [5.74, 6) is 0.460. The van der Waals surface area contributed by atoms with Crippen molar-refractivity contribution in [2.24, 2.45) is 11.8 Å². The van der Waals surface area contributed by atoms with Crippen molar-refractivity contribution in [1.82, 2.24) is 10.2 Å². The third-order valence-electron chi connectivity index (χ3n) is 4.15. The molecule has 1 aliphatic carbocycles. The van der Waals surface area contributed by atoms with Crippen LogP contribution in [0.1, 0.15) is 38.5 Å². The number of nitrogens with zero attached hydrogens (tertiary/aromatic N) is 3. The van der Waals surface area contributed by atoms with Crippen molar-refractivity contribution in [2.45, 2.75) is 44.6 Å². The number of hydrogen-bond donors (Lipinski definition) is 1. The van der Waals surface area contributed by atoms with Crippen LogP contribution in [0.4, 0.5) is 0 Å². The lowest BCUT2D eigenvalue weighted by Crippen LogP contribution is -2.46. The molecule has 2 aliphatic rings. The van der Waals surface area contributed by atoms with E-state index in [4.69, 9.17) is 10.5 Å². The Bertz CT molecular complexity index is 411. The van der Waals surface area contributed by atoms with E-state index >= 15 is 0 Å². The first-order valence-electron chi connectivity index (χ1n) is 7.52. The summed E-state index contributed by atoms with van der Waals surface area (Å²) in [6.07, 6.45) is 5.14. The molecule has 1 amide bonds. The topological polar surface area (TPSA) is 79.9 Å². The number of piperidine rings is 1. The summed E-state index contributed by atoms with van der Waals surface area (Å²) in [6.45, 7) is 2.61. The quantitative estimate of drug-likeness (QED) is 0.794. The molecule has 108 valence electrons. The van der Waals surface area contributed by atoms with E-state index in [1.54, 1.807) is 0 Å². The molecule has 5 nitrogen and oxygen atoms in total. The van der Waals surface area contributed by atoms with E-state index in [9.17, 15) is 4.79 Å². The fourth-order valence-electron chi connectivity index (χ4n) is 2.67. The highest BCUT2D eigenvalue weighted by atomic mass is 16.2. The molecular weight excluding hydrogens is 252 g/mol. The van der Waals surface area contributed by atoms with Gasteiger partial charge in [0, 0.05) is 38.0 Å². The predicted octanol–water partition coefficient (Wildman–Crippen LogP) is 1.42. The van der Waals surface area contributed by atoms with E-state index in [2.05, 4.69) is 22.4 Å². The van der Waals surface area contributed by atoms with Gasteiger partial charge in [-0.2, -0.15) is 10.5 Å². The molecule has 1 saturated heterocycles. The zero-order chi connectivity index (χ0) is 14.4. The molecular formula is C15H22N4O. The summed E-state index contributed by atoms with van der Waals surface area (Å²) in [5.41, 5.74) is 0. The van der Waals surface area contributed by atoms with Crippen molar-refractivity contribution < 1.29 is 4.79 Å². The highest BCUT2D eigenvalue weighted by Crippen LogP contribution is 2.29. The van der Waals surface area contributed by atoms with Crippen LogP contribution in [0.3, 0.4) is 0 Å². The number of nitrogens with one attached hydrogen (secondary N) is 1. The molecule has 0 aromatic carbocycles. The van der Waals surface area contributed by atoms with Gasteiger partial charge in [0.2, 0.25) is 5.91 Å². The number of hydrogen-bond acceptors (Lipinski definition) is 4. The van der Waals surface area contributed by atoms with Gasteiger partial charge in [0.25, 0.3) is 0 Å². The second-order valence-corrected chi connectivity index (χ2v) is 5.88. The smallest absolute Gasteiger partial charge is 0.223 e. The largest absolute Gasteiger partial charge is 0.353 e. The number of likely N-dealkylation sites (tertiary alicyclic amines) is 1. The maximum atomic E-state index is 11.7. The van der Waals surface area contributed by atoms with Crippen LogP contribution < -0.4 is 5.32 Å². The molecule has 5 heteroatoms.